The first kappa shape index (κ1) is 18.9. The third-order valence-electron chi connectivity index (χ3n) is 3.89. The van der Waals surface area contributed by atoms with E-state index in [0.29, 0.717) is 28.1 Å². The number of aromatic nitrogens is 1. The first-order valence-corrected chi connectivity index (χ1v) is 11.4. The second kappa shape index (κ2) is 7.18. The van der Waals surface area contributed by atoms with E-state index in [0.717, 1.165) is 10.6 Å². The van der Waals surface area contributed by atoms with Crippen LogP contribution in [0.25, 0.3) is 0 Å². The quantitative estimate of drug-likeness (QED) is 0.721. The number of sulfonamides is 1. The van der Waals surface area contributed by atoms with Crippen molar-refractivity contribution < 1.29 is 22.7 Å². The Morgan fingerprint density at radius 1 is 1.36 bits per heavy atom. The molecule has 0 aliphatic carbocycles. The lowest BCUT2D eigenvalue weighted by Crippen LogP contribution is -2.35. The van der Waals surface area contributed by atoms with Gasteiger partial charge in [-0.2, -0.15) is 0 Å². The summed E-state index contributed by atoms with van der Waals surface area (Å²) in [4.78, 5) is 30.1. The predicted octanol–water partition coefficient (Wildman–Crippen LogP) is 2.07. The van der Waals surface area contributed by atoms with E-state index in [1.54, 1.807) is 23.6 Å². The van der Waals surface area contributed by atoms with Gasteiger partial charge in [-0.15, -0.1) is 15.7 Å². The molecule has 0 spiro atoms. The first-order chi connectivity index (χ1) is 13.3. The summed E-state index contributed by atoms with van der Waals surface area (Å²) >= 11 is 2.46. The molecule has 9 nitrogen and oxygen atoms in total. The van der Waals surface area contributed by atoms with Crippen LogP contribution in [0.5, 0.6) is 0 Å². The van der Waals surface area contributed by atoms with Gasteiger partial charge in [-0.3, -0.25) is 4.79 Å². The molecule has 4 rings (SSSR count). The van der Waals surface area contributed by atoms with Crippen molar-refractivity contribution in [1.82, 2.24) is 4.98 Å². The second-order valence-corrected chi connectivity index (χ2v) is 9.62. The Kier molecular flexibility index (Phi) is 4.85. The summed E-state index contributed by atoms with van der Waals surface area (Å²) in [6.07, 6.45) is 0. The van der Waals surface area contributed by atoms with Gasteiger partial charge in [0.15, 0.2) is 10.3 Å². The van der Waals surface area contributed by atoms with Gasteiger partial charge in [0.05, 0.1) is 22.7 Å². The number of amidine groups is 1. The lowest BCUT2D eigenvalue weighted by molar-refractivity contribution is -0.114. The molecule has 2 aliphatic heterocycles. The number of amides is 1. The van der Waals surface area contributed by atoms with Crippen LogP contribution in [0.4, 0.5) is 10.8 Å². The molecule has 0 unspecified atom stereocenters. The molecule has 28 heavy (non-hydrogen) atoms. The van der Waals surface area contributed by atoms with Gasteiger partial charge in [0.2, 0.25) is 5.91 Å². The summed E-state index contributed by atoms with van der Waals surface area (Å²) in [5, 5.41) is 5.12. The number of thioether (sulfide) groups is 1. The van der Waals surface area contributed by atoms with Crippen LogP contribution in [0.2, 0.25) is 0 Å². The van der Waals surface area contributed by atoms with Gasteiger partial charge in [-0.1, -0.05) is 0 Å². The molecule has 0 bridgehead atoms. The van der Waals surface area contributed by atoms with Crippen molar-refractivity contribution in [3.63, 3.8) is 0 Å². The number of esters is 1. The molecule has 2 aliphatic rings. The second-order valence-electron chi connectivity index (χ2n) is 6.00. The smallest absolute Gasteiger partial charge is 0.338 e. The molecule has 3 heterocycles. The van der Waals surface area contributed by atoms with Crippen LogP contribution in [0, 0.1) is 0 Å². The van der Waals surface area contributed by atoms with Gasteiger partial charge in [0.25, 0.3) is 10.0 Å². The van der Waals surface area contributed by atoms with Gasteiger partial charge < -0.3 is 15.0 Å². The molecule has 0 radical (unpaired) electrons. The van der Waals surface area contributed by atoms with Crippen LogP contribution >= 0.6 is 23.1 Å². The molecule has 0 fully saturated rings. The normalized spacial score (nSPS) is 16.8. The van der Waals surface area contributed by atoms with Crippen molar-refractivity contribution >= 4 is 61.0 Å². The number of anilines is 2. The van der Waals surface area contributed by atoms with Gasteiger partial charge in [-0.05, 0) is 30.0 Å². The molecule has 1 amide bonds. The largest absolute Gasteiger partial charge is 0.456 e. The Bertz CT molecular complexity index is 1110. The van der Waals surface area contributed by atoms with Crippen molar-refractivity contribution in [3.8, 4) is 0 Å². The predicted molar refractivity (Wildman–Crippen MR) is 106 cm³/mol. The lowest BCUT2D eigenvalue weighted by atomic mass is 10.2. The molecular weight excluding hydrogens is 424 g/mol. The molecule has 2 aromatic rings. The molecule has 1 N–H and O–H groups in total. The fourth-order valence-corrected chi connectivity index (χ4v) is 5.70. The van der Waals surface area contributed by atoms with Gasteiger partial charge >= 0.3 is 5.97 Å². The summed E-state index contributed by atoms with van der Waals surface area (Å²) in [5.74, 6) is -0.770. The number of nitrogens with one attached hydrogen (secondary N) is 1. The van der Waals surface area contributed by atoms with Crippen LogP contribution in [-0.4, -0.2) is 42.7 Å². The Hall–Kier alpha value is -2.44. The molecule has 0 saturated heterocycles. The summed E-state index contributed by atoms with van der Waals surface area (Å²) < 4.78 is 32.4. The van der Waals surface area contributed by atoms with E-state index >= 15 is 0 Å². The third kappa shape index (κ3) is 3.88. The average Bonchev–Trinajstić information content (AvgIpc) is 3.20. The van der Waals surface area contributed by atoms with Gasteiger partial charge in [-0.25, -0.2) is 18.2 Å². The maximum atomic E-state index is 12.4. The highest BCUT2D eigenvalue weighted by Gasteiger charge is 2.33. The van der Waals surface area contributed by atoms with Crippen LogP contribution in [-0.2, 0) is 26.2 Å². The van der Waals surface area contributed by atoms with E-state index in [4.69, 9.17) is 4.74 Å². The number of carbonyl (C=O) groups is 2. The fourth-order valence-electron chi connectivity index (χ4n) is 2.66. The Balaban J connectivity index is 1.44. The molecule has 1 aromatic heterocycles. The number of hydrogen-bond acceptors (Lipinski definition) is 9. The zero-order chi connectivity index (χ0) is 19.9. The van der Waals surface area contributed by atoms with Gasteiger partial charge in [0, 0.05) is 23.7 Å². The minimum atomic E-state index is -3.42. The maximum absolute atomic E-state index is 12.4. The van der Waals surface area contributed by atoms with Crippen LogP contribution in [0.15, 0.2) is 32.9 Å². The first-order valence-electron chi connectivity index (χ1n) is 8.12. The zero-order valence-electron chi connectivity index (χ0n) is 14.5. The summed E-state index contributed by atoms with van der Waals surface area (Å²) in [7, 11) is -3.42. The SMILES string of the molecule is CC(=O)Nc1nc(COC(=O)c2ccc3c(c2)SC2=NS(=O)(=O)CCN23)cs1. The number of nitrogens with zero attached hydrogens (tertiary/aromatic N) is 3. The minimum absolute atomic E-state index is 0.0176. The lowest BCUT2D eigenvalue weighted by Gasteiger charge is -2.22. The maximum Gasteiger partial charge on any atom is 0.338 e. The molecule has 1 aromatic carbocycles. The van der Waals surface area contributed by atoms with Crippen molar-refractivity contribution in [2.24, 2.45) is 4.40 Å². The molecule has 12 heteroatoms. The highest BCUT2D eigenvalue weighted by Crippen LogP contribution is 2.42. The average molecular weight is 439 g/mol. The highest BCUT2D eigenvalue weighted by molar-refractivity contribution is 8.15. The van der Waals surface area contributed by atoms with Crippen LogP contribution < -0.4 is 10.2 Å². The van der Waals surface area contributed by atoms with E-state index in [-0.39, 0.29) is 18.3 Å². The number of thiazole rings is 1. The summed E-state index contributed by atoms with van der Waals surface area (Å²) in [6, 6.07) is 5.06. The van der Waals surface area contributed by atoms with E-state index in [2.05, 4.69) is 14.7 Å². The molecule has 146 valence electrons. The van der Waals surface area contributed by atoms with Crippen molar-refractivity contribution in [2.75, 3.05) is 22.5 Å². The van der Waals surface area contributed by atoms with E-state index in [1.165, 1.54) is 30.0 Å². The third-order valence-corrected chi connectivity index (χ3v) is 7.01. The van der Waals surface area contributed by atoms with Crippen molar-refractivity contribution in [2.45, 2.75) is 18.4 Å². The number of benzene rings is 1. The zero-order valence-corrected chi connectivity index (χ0v) is 17.0. The number of rotatable bonds is 4. The highest BCUT2D eigenvalue weighted by atomic mass is 32.2. The van der Waals surface area contributed by atoms with E-state index in [9.17, 15) is 18.0 Å². The van der Waals surface area contributed by atoms with Crippen LogP contribution in [0.3, 0.4) is 0 Å². The fraction of sp³-hybridized carbons (Fsp3) is 0.250. The molecule has 0 saturated carbocycles. The standard InChI is InChI=1S/C16H14N4O5S3/c1-9(21)17-15-18-11(8-26-15)7-25-14(22)10-2-3-12-13(6-10)27-16-19-28(23,24)5-4-20(12)16/h2-3,6,8H,4-5,7H2,1H3,(H,17,18,21). The van der Waals surface area contributed by atoms with Gasteiger partial charge in [0.1, 0.15) is 6.61 Å². The Morgan fingerprint density at radius 2 is 2.18 bits per heavy atom. The monoisotopic (exact) mass is 438 g/mol. The minimum Gasteiger partial charge on any atom is -0.456 e. The van der Waals surface area contributed by atoms with Crippen LogP contribution in [0.1, 0.15) is 23.0 Å². The van der Waals surface area contributed by atoms with Crippen molar-refractivity contribution in [1.29, 1.82) is 0 Å². The molecular formula is C16H14N4O5S3. The number of carbonyl (C=O) groups excluding carboxylic acids is 2. The molecule has 0 atom stereocenters. The number of fused-ring (bicyclic) bond motifs is 3. The van der Waals surface area contributed by atoms with E-state index in [1.807, 2.05) is 4.90 Å². The number of hydrogen-bond donors (Lipinski definition) is 1. The van der Waals surface area contributed by atoms with Crippen molar-refractivity contribution in [3.05, 3.63) is 34.8 Å². The topological polar surface area (TPSA) is 118 Å². The summed E-state index contributed by atoms with van der Waals surface area (Å²) in [6.45, 7) is 1.71. The summed E-state index contributed by atoms with van der Waals surface area (Å²) in [5.41, 5.74) is 1.72. The number of ether oxygens (including phenoxy) is 1. The van der Waals surface area contributed by atoms with E-state index < -0.39 is 16.0 Å². The Labute approximate surface area is 168 Å². The Morgan fingerprint density at radius 3 is 2.96 bits per heavy atom.